The van der Waals surface area contributed by atoms with Crippen LogP contribution in [0.4, 0.5) is 0 Å². The molecule has 0 aliphatic heterocycles. The smallest absolute Gasteiger partial charge is 0.0410 e. The highest BCUT2D eigenvalue weighted by molar-refractivity contribution is 9.10. The van der Waals surface area contributed by atoms with Gasteiger partial charge in [0, 0.05) is 29.1 Å². The van der Waals surface area contributed by atoms with Gasteiger partial charge in [0.25, 0.3) is 0 Å². The minimum atomic E-state index is 0.706. The quantitative estimate of drug-likeness (QED) is 0.764. The molecule has 18 heavy (non-hydrogen) atoms. The Morgan fingerprint density at radius 3 is 2.78 bits per heavy atom. The molecule has 1 aromatic rings. The normalized spacial score (nSPS) is 11.5. The molecule has 0 saturated carbocycles. The molecule has 2 nitrogen and oxygen atoms in total. The predicted molar refractivity (Wildman–Crippen MR) is 83.2 cm³/mol. The number of benzene rings is 1. The van der Waals surface area contributed by atoms with Crippen molar-refractivity contribution in [3.8, 4) is 0 Å². The summed E-state index contributed by atoms with van der Waals surface area (Å²) in [6.07, 6.45) is 0. The first-order valence-electron chi connectivity index (χ1n) is 6.32. The Kier molecular flexibility index (Phi) is 7.23. The van der Waals surface area contributed by atoms with Gasteiger partial charge in [0.1, 0.15) is 0 Å². The molecule has 0 saturated heterocycles. The van der Waals surface area contributed by atoms with E-state index in [1.54, 1.807) is 0 Å². The molecule has 0 aliphatic carbocycles. The molecule has 0 aromatic heterocycles. The van der Waals surface area contributed by atoms with Crippen LogP contribution >= 0.6 is 27.5 Å². The van der Waals surface area contributed by atoms with E-state index in [4.69, 9.17) is 11.6 Å². The van der Waals surface area contributed by atoms with Crippen LogP contribution in [-0.4, -0.2) is 31.6 Å². The summed E-state index contributed by atoms with van der Waals surface area (Å²) in [7, 11) is 2.13. The fourth-order valence-electron chi connectivity index (χ4n) is 1.69. The lowest BCUT2D eigenvalue weighted by molar-refractivity contribution is 0.321. The number of nitrogens with one attached hydrogen (secondary N) is 1. The predicted octanol–water partition coefficient (Wildman–Crippen LogP) is 3.78. The van der Waals surface area contributed by atoms with Crippen molar-refractivity contribution in [3.63, 3.8) is 0 Å². The van der Waals surface area contributed by atoms with Crippen molar-refractivity contribution in [2.24, 2.45) is 5.92 Å². The van der Waals surface area contributed by atoms with Crippen LogP contribution in [0.3, 0.4) is 0 Å². The van der Waals surface area contributed by atoms with E-state index in [0.717, 1.165) is 35.7 Å². The molecule has 0 fully saturated rings. The summed E-state index contributed by atoms with van der Waals surface area (Å²) < 4.78 is 1.12. The number of hydrogen-bond acceptors (Lipinski definition) is 2. The van der Waals surface area contributed by atoms with E-state index in [0.29, 0.717) is 5.92 Å². The van der Waals surface area contributed by atoms with Gasteiger partial charge in [0.2, 0.25) is 0 Å². The Morgan fingerprint density at radius 2 is 2.11 bits per heavy atom. The molecule has 0 heterocycles. The number of rotatable bonds is 7. The minimum Gasteiger partial charge on any atom is -0.315 e. The van der Waals surface area contributed by atoms with Crippen LogP contribution in [-0.2, 0) is 6.54 Å². The van der Waals surface area contributed by atoms with Crippen LogP contribution in [0, 0.1) is 5.92 Å². The standard InChI is InChI=1S/C14H22BrClN2/c1-11(2)9-17-6-7-18(3)10-12-8-13(16)4-5-14(12)15/h4-5,8,11,17H,6-7,9-10H2,1-3H3. The second-order valence-corrected chi connectivity index (χ2v) is 6.36. The molecule has 0 aliphatic rings. The summed E-state index contributed by atoms with van der Waals surface area (Å²) in [6, 6.07) is 5.92. The molecule has 4 heteroatoms. The largest absolute Gasteiger partial charge is 0.315 e. The van der Waals surface area contributed by atoms with Crippen molar-refractivity contribution in [1.82, 2.24) is 10.2 Å². The molecule has 1 rings (SSSR count). The lowest BCUT2D eigenvalue weighted by Crippen LogP contribution is -2.30. The minimum absolute atomic E-state index is 0.706. The SMILES string of the molecule is CC(C)CNCCN(C)Cc1cc(Cl)ccc1Br. The van der Waals surface area contributed by atoms with Crippen molar-refractivity contribution in [3.05, 3.63) is 33.3 Å². The molecule has 0 bridgehead atoms. The van der Waals surface area contributed by atoms with Crippen LogP contribution < -0.4 is 5.32 Å². The van der Waals surface area contributed by atoms with Gasteiger partial charge in [-0.25, -0.2) is 0 Å². The maximum atomic E-state index is 6.01. The van der Waals surface area contributed by atoms with E-state index >= 15 is 0 Å². The van der Waals surface area contributed by atoms with E-state index in [1.165, 1.54) is 5.56 Å². The molecule has 0 atom stereocenters. The third-order valence-corrected chi connectivity index (χ3v) is 3.68. The van der Waals surface area contributed by atoms with Crippen molar-refractivity contribution in [1.29, 1.82) is 0 Å². The van der Waals surface area contributed by atoms with Crippen LogP contribution in [0.2, 0.25) is 5.02 Å². The Hall–Kier alpha value is -0.0900. The number of nitrogens with zero attached hydrogens (tertiary/aromatic N) is 1. The zero-order valence-electron chi connectivity index (χ0n) is 11.3. The summed E-state index contributed by atoms with van der Waals surface area (Å²) in [6.45, 7) is 8.48. The maximum Gasteiger partial charge on any atom is 0.0410 e. The van der Waals surface area contributed by atoms with Gasteiger partial charge in [-0.1, -0.05) is 41.4 Å². The molecule has 1 aromatic carbocycles. The summed E-state index contributed by atoms with van der Waals surface area (Å²) >= 11 is 9.57. The van der Waals surface area contributed by atoms with Gasteiger partial charge in [0.15, 0.2) is 0 Å². The molecule has 0 amide bonds. The summed E-state index contributed by atoms with van der Waals surface area (Å²) in [5.74, 6) is 0.706. The van der Waals surface area contributed by atoms with Crippen LogP contribution in [0.5, 0.6) is 0 Å². The number of likely N-dealkylation sites (N-methyl/N-ethyl adjacent to an activating group) is 1. The Bertz CT molecular complexity index is 369. The molecule has 1 N–H and O–H groups in total. The van der Waals surface area contributed by atoms with Gasteiger partial charge in [-0.3, -0.25) is 0 Å². The molecular weight excluding hydrogens is 312 g/mol. The second kappa shape index (κ2) is 8.16. The van der Waals surface area contributed by atoms with E-state index in [1.807, 2.05) is 18.2 Å². The van der Waals surface area contributed by atoms with Crippen molar-refractivity contribution >= 4 is 27.5 Å². The highest BCUT2D eigenvalue weighted by atomic mass is 79.9. The van der Waals surface area contributed by atoms with Gasteiger partial charge >= 0.3 is 0 Å². The fraction of sp³-hybridized carbons (Fsp3) is 0.571. The molecule has 0 unspecified atom stereocenters. The van der Waals surface area contributed by atoms with E-state index < -0.39 is 0 Å². The van der Waals surface area contributed by atoms with E-state index in [-0.39, 0.29) is 0 Å². The summed E-state index contributed by atoms with van der Waals surface area (Å²) in [5, 5.41) is 4.24. The van der Waals surface area contributed by atoms with Gasteiger partial charge in [-0.05, 0) is 43.3 Å². The first kappa shape index (κ1) is 16.0. The Balaban J connectivity index is 2.35. The van der Waals surface area contributed by atoms with Gasteiger partial charge in [0.05, 0.1) is 0 Å². The number of hydrogen-bond donors (Lipinski definition) is 1. The van der Waals surface area contributed by atoms with E-state index in [2.05, 4.69) is 47.0 Å². The van der Waals surface area contributed by atoms with Crippen LogP contribution in [0.15, 0.2) is 22.7 Å². The summed E-state index contributed by atoms with van der Waals surface area (Å²) in [5.41, 5.74) is 1.23. The average molecular weight is 334 g/mol. The zero-order chi connectivity index (χ0) is 13.5. The molecule has 102 valence electrons. The lowest BCUT2D eigenvalue weighted by Gasteiger charge is -2.18. The van der Waals surface area contributed by atoms with Crippen LogP contribution in [0.25, 0.3) is 0 Å². The van der Waals surface area contributed by atoms with Gasteiger partial charge in [-0.2, -0.15) is 0 Å². The van der Waals surface area contributed by atoms with E-state index in [9.17, 15) is 0 Å². The number of halogens is 2. The third-order valence-electron chi connectivity index (χ3n) is 2.67. The topological polar surface area (TPSA) is 15.3 Å². The van der Waals surface area contributed by atoms with Crippen molar-refractivity contribution < 1.29 is 0 Å². The van der Waals surface area contributed by atoms with Crippen molar-refractivity contribution in [2.75, 3.05) is 26.7 Å². The third kappa shape index (κ3) is 6.19. The monoisotopic (exact) mass is 332 g/mol. The van der Waals surface area contributed by atoms with Crippen LogP contribution in [0.1, 0.15) is 19.4 Å². The lowest BCUT2D eigenvalue weighted by atomic mass is 10.2. The highest BCUT2D eigenvalue weighted by Crippen LogP contribution is 2.22. The van der Waals surface area contributed by atoms with Gasteiger partial charge in [-0.15, -0.1) is 0 Å². The summed E-state index contributed by atoms with van der Waals surface area (Å²) in [4.78, 5) is 2.30. The highest BCUT2D eigenvalue weighted by Gasteiger charge is 2.05. The second-order valence-electron chi connectivity index (χ2n) is 5.07. The average Bonchev–Trinajstić information content (AvgIpc) is 2.29. The molecule has 0 spiro atoms. The maximum absolute atomic E-state index is 6.01. The fourth-order valence-corrected chi connectivity index (χ4v) is 2.26. The first-order valence-corrected chi connectivity index (χ1v) is 7.49. The molecular formula is C14H22BrClN2. The molecule has 0 radical (unpaired) electrons. The van der Waals surface area contributed by atoms with Crippen molar-refractivity contribution in [2.45, 2.75) is 20.4 Å². The Morgan fingerprint density at radius 1 is 1.39 bits per heavy atom. The first-order chi connectivity index (χ1) is 8.49. The zero-order valence-corrected chi connectivity index (χ0v) is 13.7. The Labute approximate surface area is 124 Å². The van der Waals surface area contributed by atoms with Gasteiger partial charge < -0.3 is 10.2 Å².